The van der Waals surface area contributed by atoms with Gasteiger partial charge in [0.15, 0.2) is 0 Å². The minimum atomic E-state index is -1.31. The van der Waals surface area contributed by atoms with Crippen LogP contribution in [-0.4, -0.2) is 30.3 Å². The van der Waals surface area contributed by atoms with Gasteiger partial charge < -0.3 is 14.6 Å². The van der Waals surface area contributed by atoms with Gasteiger partial charge in [0.25, 0.3) is 5.69 Å². The van der Waals surface area contributed by atoms with Crippen molar-refractivity contribution in [3.05, 3.63) is 52.1 Å². The minimum Gasteiger partial charge on any atom is -0.497 e. The van der Waals surface area contributed by atoms with E-state index >= 15 is 0 Å². The Labute approximate surface area is 138 Å². The molecule has 1 amide bonds. The lowest BCUT2D eigenvalue weighted by atomic mass is 10.2. The number of methoxy groups -OCH3 is 1. The van der Waals surface area contributed by atoms with Crippen LogP contribution >= 0.6 is 0 Å². The summed E-state index contributed by atoms with van der Waals surface area (Å²) in [4.78, 5) is 22.3. The van der Waals surface area contributed by atoms with Crippen LogP contribution in [-0.2, 0) is 0 Å². The number of anilines is 1. The van der Waals surface area contributed by atoms with Crippen molar-refractivity contribution in [2.75, 3.05) is 19.1 Å². The fourth-order valence-electron chi connectivity index (χ4n) is 2.12. The van der Waals surface area contributed by atoms with Crippen molar-refractivity contribution in [1.29, 1.82) is 0 Å². The van der Waals surface area contributed by atoms with E-state index in [-0.39, 0.29) is 17.1 Å². The summed E-state index contributed by atoms with van der Waals surface area (Å²) in [6, 6.07) is 9.18. The lowest BCUT2D eigenvalue weighted by Crippen LogP contribution is -2.24. The highest BCUT2D eigenvalue weighted by molar-refractivity contribution is 5.89. The maximum Gasteiger partial charge on any atom is 0.411 e. The summed E-state index contributed by atoms with van der Waals surface area (Å²) in [5.74, 6) is 1.36. The molecule has 0 atom stereocenters. The Bertz CT molecular complexity index is 790. The Morgan fingerprint density at radius 1 is 1.17 bits per heavy atom. The van der Waals surface area contributed by atoms with Gasteiger partial charge in [-0.25, -0.2) is 4.79 Å². The number of ether oxygens (including phenoxy) is 2. The predicted octanol–water partition coefficient (Wildman–Crippen LogP) is 3.82. The second-order valence-corrected chi connectivity index (χ2v) is 5.04. The summed E-state index contributed by atoms with van der Waals surface area (Å²) in [5.41, 5.74) is 0.507. The van der Waals surface area contributed by atoms with Crippen molar-refractivity contribution in [1.82, 2.24) is 0 Å². The van der Waals surface area contributed by atoms with Crippen LogP contribution in [0.2, 0.25) is 0 Å². The van der Waals surface area contributed by atoms with E-state index in [2.05, 4.69) is 0 Å². The summed E-state index contributed by atoms with van der Waals surface area (Å²) in [5, 5.41) is 20.1. The minimum absolute atomic E-state index is 0.0791. The first-order valence-corrected chi connectivity index (χ1v) is 6.90. The Morgan fingerprint density at radius 3 is 2.42 bits per heavy atom. The Kier molecular flexibility index (Phi) is 4.88. The molecule has 2 aromatic rings. The number of hydrogen-bond acceptors (Lipinski definition) is 5. The van der Waals surface area contributed by atoms with E-state index in [1.807, 2.05) is 13.0 Å². The molecule has 0 spiro atoms. The highest BCUT2D eigenvalue weighted by Crippen LogP contribution is 2.34. The molecule has 0 radical (unpaired) electrons. The van der Waals surface area contributed by atoms with E-state index in [0.717, 1.165) is 10.5 Å². The maximum absolute atomic E-state index is 11.1. The summed E-state index contributed by atoms with van der Waals surface area (Å²) >= 11 is 0. The maximum atomic E-state index is 11.1. The van der Waals surface area contributed by atoms with Gasteiger partial charge in [-0.15, -0.1) is 0 Å². The molecule has 0 aliphatic carbocycles. The number of amides is 1. The number of nitro benzene ring substituents is 1. The fourth-order valence-corrected chi connectivity index (χ4v) is 2.12. The standard InChI is InChI=1S/C16H16N2O6/c1-10-6-12(23-3)8-13(7-10)24-11-4-5-14(18(21)22)15(9-11)17(2)16(19)20/h4-9H,1-3H3,(H,19,20). The molecule has 1 N–H and O–H groups in total. The largest absolute Gasteiger partial charge is 0.497 e. The van der Waals surface area contributed by atoms with Crippen molar-refractivity contribution in [2.24, 2.45) is 0 Å². The van der Waals surface area contributed by atoms with Gasteiger partial charge in [0.1, 0.15) is 22.9 Å². The number of benzene rings is 2. The number of nitrogens with zero attached hydrogens (tertiary/aromatic N) is 2. The Balaban J connectivity index is 2.41. The molecule has 0 heterocycles. The average Bonchev–Trinajstić information content (AvgIpc) is 2.53. The van der Waals surface area contributed by atoms with Crippen molar-refractivity contribution in [3.63, 3.8) is 0 Å². The molecule has 8 nitrogen and oxygen atoms in total. The third-order valence-electron chi connectivity index (χ3n) is 3.29. The normalized spacial score (nSPS) is 10.1. The molecular weight excluding hydrogens is 316 g/mol. The van der Waals surface area contributed by atoms with E-state index in [0.29, 0.717) is 11.5 Å². The zero-order valence-corrected chi connectivity index (χ0v) is 13.3. The molecule has 2 aromatic carbocycles. The van der Waals surface area contributed by atoms with Crippen LogP contribution in [0.5, 0.6) is 17.2 Å². The number of aryl methyl sites for hydroxylation is 1. The first-order valence-electron chi connectivity index (χ1n) is 6.90. The highest BCUT2D eigenvalue weighted by Gasteiger charge is 2.22. The van der Waals surface area contributed by atoms with Crippen LogP contribution in [0.1, 0.15) is 5.56 Å². The molecule has 0 bridgehead atoms. The number of carboxylic acid groups (broad SMARTS) is 1. The quantitative estimate of drug-likeness (QED) is 0.659. The zero-order chi connectivity index (χ0) is 17.9. The van der Waals surface area contributed by atoms with E-state index in [1.165, 1.54) is 32.4 Å². The molecule has 0 saturated carbocycles. The summed E-state index contributed by atoms with van der Waals surface area (Å²) in [7, 11) is 2.76. The first-order chi connectivity index (χ1) is 11.3. The molecule has 0 saturated heterocycles. The van der Waals surface area contributed by atoms with E-state index in [9.17, 15) is 14.9 Å². The molecule has 0 aliphatic rings. The second-order valence-electron chi connectivity index (χ2n) is 5.04. The summed E-state index contributed by atoms with van der Waals surface area (Å²) < 4.78 is 10.8. The zero-order valence-electron chi connectivity index (χ0n) is 13.3. The van der Waals surface area contributed by atoms with Gasteiger partial charge in [0, 0.05) is 25.2 Å². The van der Waals surface area contributed by atoms with Crippen LogP contribution in [0.25, 0.3) is 0 Å². The number of rotatable bonds is 5. The van der Waals surface area contributed by atoms with Gasteiger partial charge >= 0.3 is 6.09 Å². The van der Waals surface area contributed by atoms with Gasteiger partial charge in [-0.1, -0.05) is 0 Å². The molecular formula is C16H16N2O6. The van der Waals surface area contributed by atoms with Gasteiger partial charge in [-0.2, -0.15) is 0 Å². The van der Waals surface area contributed by atoms with Crippen molar-refractivity contribution >= 4 is 17.5 Å². The molecule has 126 valence electrons. The number of hydrogen-bond donors (Lipinski definition) is 1. The van der Waals surface area contributed by atoms with Crippen molar-refractivity contribution in [3.8, 4) is 17.2 Å². The van der Waals surface area contributed by atoms with Crippen LogP contribution in [0.3, 0.4) is 0 Å². The molecule has 2 rings (SSSR count). The Hall–Kier alpha value is -3.29. The van der Waals surface area contributed by atoms with Gasteiger partial charge in [-0.3, -0.25) is 15.0 Å². The molecule has 8 heteroatoms. The van der Waals surface area contributed by atoms with Crippen molar-refractivity contribution in [2.45, 2.75) is 6.92 Å². The van der Waals surface area contributed by atoms with E-state index in [4.69, 9.17) is 14.6 Å². The van der Waals surface area contributed by atoms with Gasteiger partial charge in [0.2, 0.25) is 0 Å². The van der Waals surface area contributed by atoms with Gasteiger partial charge in [0.05, 0.1) is 12.0 Å². The first kappa shape index (κ1) is 17.1. The predicted molar refractivity (Wildman–Crippen MR) is 87.3 cm³/mol. The molecule has 0 unspecified atom stereocenters. The lowest BCUT2D eigenvalue weighted by Gasteiger charge is -2.15. The van der Waals surface area contributed by atoms with Crippen LogP contribution in [0.15, 0.2) is 36.4 Å². The average molecular weight is 332 g/mol. The Morgan fingerprint density at radius 2 is 1.83 bits per heavy atom. The third kappa shape index (κ3) is 3.72. The smallest absolute Gasteiger partial charge is 0.411 e. The lowest BCUT2D eigenvalue weighted by molar-refractivity contribution is -0.384. The number of nitro groups is 1. The van der Waals surface area contributed by atoms with Crippen molar-refractivity contribution < 1.29 is 24.3 Å². The molecule has 0 aliphatic heterocycles. The third-order valence-corrected chi connectivity index (χ3v) is 3.29. The topological polar surface area (TPSA) is 102 Å². The molecule has 0 fully saturated rings. The van der Waals surface area contributed by atoms with E-state index < -0.39 is 11.0 Å². The molecule has 0 aromatic heterocycles. The van der Waals surface area contributed by atoms with Crippen LogP contribution in [0, 0.1) is 17.0 Å². The van der Waals surface area contributed by atoms with Crippen LogP contribution < -0.4 is 14.4 Å². The monoisotopic (exact) mass is 332 g/mol. The van der Waals surface area contributed by atoms with Crippen LogP contribution in [0.4, 0.5) is 16.2 Å². The fraction of sp³-hybridized carbons (Fsp3) is 0.188. The van der Waals surface area contributed by atoms with E-state index in [1.54, 1.807) is 12.1 Å². The second kappa shape index (κ2) is 6.86. The number of carbonyl (C=O) groups is 1. The summed E-state index contributed by atoms with van der Waals surface area (Å²) in [6.07, 6.45) is -1.31. The summed E-state index contributed by atoms with van der Waals surface area (Å²) in [6.45, 7) is 1.87. The van der Waals surface area contributed by atoms with Gasteiger partial charge in [-0.05, 0) is 30.7 Å². The highest BCUT2D eigenvalue weighted by atomic mass is 16.6. The molecule has 24 heavy (non-hydrogen) atoms. The SMILES string of the molecule is COc1cc(C)cc(Oc2ccc([N+](=O)[O-])c(N(C)C(=O)O)c2)c1.